The fourth-order valence-corrected chi connectivity index (χ4v) is 2.69. The van der Waals surface area contributed by atoms with Crippen LogP contribution in [0.2, 0.25) is 0 Å². The van der Waals surface area contributed by atoms with Crippen LogP contribution in [0.5, 0.6) is 0 Å². The topological polar surface area (TPSA) is 69.3 Å². The molecule has 0 aliphatic carbocycles. The number of fused-ring (bicyclic) bond motifs is 1. The molecule has 4 nitrogen and oxygen atoms in total. The molecule has 3 rings (SSSR count). The van der Waals surface area contributed by atoms with Gasteiger partial charge >= 0.3 is 0 Å². The third-order valence-corrected chi connectivity index (χ3v) is 3.70. The molecule has 0 saturated heterocycles. The van der Waals surface area contributed by atoms with Gasteiger partial charge in [0.25, 0.3) is 0 Å². The molecule has 0 aliphatic heterocycles. The highest BCUT2D eigenvalue weighted by molar-refractivity contribution is 5.81. The fourth-order valence-electron chi connectivity index (χ4n) is 2.69. The van der Waals surface area contributed by atoms with E-state index < -0.39 is 0 Å². The number of nitrogen functional groups attached to an aromatic ring is 1. The van der Waals surface area contributed by atoms with Crippen LogP contribution in [0.3, 0.4) is 0 Å². The molecule has 0 bridgehead atoms. The monoisotopic (exact) mass is 266 g/mol. The maximum atomic E-state index is 6.23. The summed E-state index contributed by atoms with van der Waals surface area (Å²) in [6, 6.07) is 6.40. The third kappa shape index (κ3) is 1.85. The number of aromatic nitrogens is 2. The molecule has 20 heavy (non-hydrogen) atoms. The maximum Gasteiger partial charge on any atom is 0.160 e. The SMILES string of the molecule is Cc1ccc(-c2cn3ccnc3c(N)c2CN)c(C)c1. The Morgan fingerprint density at radius 3 is 2.70 bits per heavy atom. The van der Waals surface area contributed by atoms with Crippen LogP contribution in [-0.4, -0.2) is 9.38 Å². The first-order chi connectivity index (χ1) is 9.61. The van der Waals surface area contributed by atoms with Gasteiger partial charge in [0.15, 0.2) is 5.65 Å². The summed E-state index contributed by atoms with van der Waals surface area (Å²) in [5, 5.41) is 0. The average Bonchev–Trinajstić information content (AvgIpc) is 2.87. The van der Waals surface area contributed by atoms with Gasteiger partial charge in [-0.25, -0.2) is 4.98 Å². The molecule has 0 spiro atoms. The van der Waals surface area contributed by atoms with Crippen LogP contribution in [-0.2, 0) is 6.54 Å². The van der Waals surface area contributed by atoms with Crippen molar-refractivity contribution in [3.63, 3.8) is 0 Å². The predicted molar refractivity (Wildman–Crippen MR) is 82.4 cm³/mol. The van der Waals surface area contributed by atoms with E-state index >= 15 is 0 Å². The molecule has 0 atom stereocenters. The molecule has 0 unspecified atom stereocenters. The minimum atomic E-state index is 0.401. The number of benzene rings is 1. The van der Waals surface area contributed by atoms with E-state index in [1.54, 1.807) is 6.20 Å². The van der Waals surface area contributed by atoms with Crippen LogP contribution in [0.15, 0.2) is 36.8 Å². The van der Waals surface area contributed by atoms with Gasteiger partial charge in [0, 0.05) is 36.3 Å². The van der Waals surface area contributed by atoms with Crippen LogP contribution in [0, 0.1) is 13.8 Å². The van der Waals surface area contributed by atoms with E-state index in [0.29, 0.717) is 12.2 Å². The van der Waals surface area contributed by atoms with Gasteiger partial charge in [-0.3, -0.25) is 0 Å². The van der Waals surface area contributed by atoms with Crippen LogP contribution >= 0.6 is 0 Å². The van der Waals surface area contributed by atoms with Crippen molar-refractivity contribution in [3.05, 3.63) is 53.5 Å². The largest absolute Gasteiger partial charge is 0.395 e. The van der Waals surface area contributed by atoms with Crippen molar-refractivity contribution in [2.75, 3.05) is 5.73 Å². The average molecular weight is 266 g/mol. The van der Waals surface area contributed by atoms with Crippen molar-refractivity contribution in [2.45, 2.75) is 20.4 Å². The standard InChI is InChI=1S/C16H18N4/c1-10-3-4-12(11(2)7-10)14-9-20-6-5-19-16(20)15(18)13(14)8-17/h3-7,9H,8,17-18H2,1-2H3. The van der Waals surface area contributed by atoms with Crippen LogP contribution in [0.25, 0.3) is 16.8 Å². The highest BCUT2D eigenvalue weighted by Crippen LogP contribution is 2.32. The Hall–Kier alpha value is -2.33. The lowest BCUT2D eigenvalue weighted by atomic mass is 9.95. The Kier molecular flexibility index (Phi) is 2.95. The van der Waals surface area contributed by atoms with Gasteiger partial charge in [-0.1, -0.05) is 23.8 Å². The number of rotatable bonds is 2. The lowest BCUT2D eigenvalue weighted by Gasteiger charge is -2.15. The molecule has 102 valence electrons. The van der Waals surface area contributed by atoms with Gasteiger partial charge in [-0.2, -0.15) is 0 Å². The van der Waals surface area contributed by atoms with Crippen molar-refractivity contribution in [3.8, 4) is 11.1 Å². The Morgan fingerprint density at radius 2 is 2.00 bits per heavy atom. The van der Waals surface area contributed by atoms with Crippen LogP contribution < -0.4 is 11.5 Å². The molecule has 0 amide bonds. The van der Waals surface area contributed by atoms with Crippen molar-refractivity contribution >= 4 is 11.3 Å². The summed E-state index contributed by atoms with van der Waals surface area (Å²) in [6.07, 6.45) is 5.70. The Bertz CT molecular complexity index is 787. The minimum absolute atomic E-state index is 0.401. The van der Waals surface area contributed by atoms with E-state index in [-0.39, 0.29) is 0 Å². The molecule has 0 fully saturated rings. The molecular formula is C16H18N4. The highest BCUT2D eigenvalue weighted by Gasteiger charge is 2.14. The van der Waals surface area contributed by atoms with Gasteiger partial charge < -0.3 is 15.9 Å². The van der Waals surface area contributed by atoms with E-state index in [9.17, 15) is 0 Å². The maximum absolute atomic E-state index is 6.23. The number of anilines is 1. The van der Waals surface area contributed by atoms with Gasteiger partial charge in [-0.05, 0) is 25.0 Å². The van der Waals surface area contributed by atoms with E-state index in [0.717, 1.165) is 16.8 Å². The zero-order valence-corrected chi connectivity index (χ0v) is 11.7. The third-order valence-electron chi connectivity index (χ3n) is 3.70. The predicted octanol–water partition coefficient (Wildman–Crippen LogP) is 2.66. The van der Waals surface area contributed by atoms with E-state index in [2.05, 4.69) is 43.2 Å². The molecule has 4 N–H and O–H groups in total. The summed E-state index contributed by atoms with van der Waals surface area (Å²) in [5.74, 6) is 0. The summed E-state index contributed by atoms with van der Waals surface area (Å²) < 4.78 is 1.95. The first kappa shape index (κ1) is 12.7. The normalized spacial score (nSPS) is 11.2. The van der Waals surface area contributed by atoms with Crippen LogP contribution in [0.1, 0.15) is 16.7 Å². The number of nitrogens with zero attached hydrogens (tertiary/aromatic N) is 2. The number of nitrogens with two attached hydrogens (primary N) is 2. The number of imidazole rings is 1. The van der Waals surface area contributed by atoms with E-state index in [4.69, 9.17) is 11.5 Å². The fraction of sp³-hybridized carbons (Fsp3) is 0.188. The highest BCUT2D eigenvalue weighted by atomic mass is 15.0. The molecule has 1 aromatic carbocycles. The first-order valence-corrected chi connectivity index (χ1v) is 6.63. The van der Waals surface area contributed by atoms with Gasteiger partial charge in [0.2, 0.25) is 0 Å². The molecule has 0 radical (unpaired) electrons. The molecular weight excluding hydrogens is 248 g/mol. The molecule has 3 aromatic rings. The van der Waals surface area contributed by atoms with E-state index in [1.165, 1.54) is 16.7 Å². The van der Waals surface area contributed by atoms with Crippen molar-refractivity contribution in [2.24, 2.45) is 5.73 Å². The van der Waals surface area contributed by atoms with Crippen molar-refractivity contribution in [1.82, 2.24) is 9.38 Å². The summed E-state index contributed by atoms with van der Waals surface area (Å²) in [7, 11) is 0. The second-order valence-electron chi connectivity index (χ2n) is 5.12. The second kappa shape index (κ2) is 4.65. The number of hydrogen-bond donors (Lipinski definition) is 2. The summed E-state index contributed by atoms with van der Waals surface area (Å²) >= 11 is 0. The zero-order valence-electron chi connectivity index (χ0n) is 11.7. The summed E-state index contributed by atoms with van der Waals surface area (Å²) in [5.41, 5.74) is 19.2. The first-order valence-electron chi connectivity index (χ1n) is 6.63. The van der Waals surface area contributed by atoms with Gasteiger partial charge in [-0.15, -0.1) is 0 Å². The number of hydrogen-bond acceptors (Lipinski definition) is 3. The zero-order chi connectivity index (χ0) is 14.3. The number of aryl methyl sites for hydroxylation is 2. The van der Waals surface area contributed by atoms with Crippen molar-refractivity contribution < 1.29 is 0 Å². The molecule has 0 aliphatic rings. The van der Waals surface area contributed by atoms with E-state index in [1.807, 2.05) is 10.6 Å². The minimum Gasteiger partial charge on any atom is -0.395 e. The Morgan fingerprint density at radius 1 is 1.20 bits per heavy atom. The molecule has 0 saturated carbocycles. The molecule has 4 heteroatoms. The van der Waals surface area contributed by atoms with Crippen LogP contribution in [0.4, 0.5) is 5.69 Å². The van der Waals surface area contributed by atoms with Gasteiger partial charge in [0.1, 0.15) is 0 Å². The summed E-state index contributed by atoms with van der Waals surface area (Å²) in [4.78, 5) is 4.28. The second-order valence-corrected chi connectivity index (χ2v) is 5.12. The lowest BCUT2D eigenvalue weighted by Crippen LogP contribution is -2.07. The molecule has 2 aromatic heterocycles. The lowest BCUT2D eigenvalue weighted by molar-refractivity contribution is 1.06. The quantitative estimate of drug-likeness (QED) is 0.749. The Labute approximate surface area is 118 Å². The Balaban J connectivity index is 2.34. The molecule has 2 heterocycles. The van der Waals surface area contributed by atoms with Crippen molar-refractivity contribution in [1.29, 1.82) is 0 Å². The summed E-state index contributed by atoms with van der Waals surface area (Å²) in [6.45, 7) is 4.60. The smallest absolute Gasteiger partial charge is 0.160 e. The van der Waals surface area contributed by atoms with Gasteiger partial charge in [0.05, 0.1) is 5.69 Å². The number of pyridine rings is 1.